The molecule has 2 fully saturated rings. The van der Waals surface area contributed by atoms with Crippen molar-refractivity contribution in [3.05, 3.63) is 29.6 Å². The third-order valence-corrected chi connectivity index (χ3v) is 8.87. The maximum absolute atomic E-state index is 13.2. The van der Waals surface area contributed by atoms with Gasteiger partial charge in [0.05, 0.1) is 31.6 Å². The number of aromatic nitrogens is 7. The number of imidazole rings is 2. The molecule has 10 atom stereocenters. The van der Waals surface area contributed by atoms with Crippen LogP contribution in [0.15, 0.2) is 24.9 Å². The van der Waals surface area contributed by atoms with Crippen LogP contribution in [0.25, 0.3) is 22.3 Å². The van der Waals surface area contributed by atoms with Crippen molar-refractivity contribution in [3.63, 3.8) is 0 Å². The Bertz CT molecular complexity index is 1860. The van der Waals surface area contributed by atoms with Gasteiger partial charge in [0.1, 0.15) is 47.2 Å². The minimum atomic E-state index is -5.12. The Kier molecular flexibility index (Phi) is 8.69. The molecule has 0 spiro atoms. The lowest BCUT2D eigenvalue weighted by Crippen LogP contribution is -2.36. The average molecular weight is 691 g/mol. The molecule has 4 aromatic heterocycles. The second-order valence-electron chi connectivity index (χ2n) is 9.94. The Morgan fingerprint density at radius 1 is 1.07 bits per heavy atom. The lowest BCUT2D eigenvalue weighted by molar-refractivity contribution is -0.0609. The fourth-order valence-electron chi connectivity index (χ4n) is 5.16. The SMILES string of the molecule is Nc1nc(=S)c2ncn([C@@H]3O[C@H](CO)[C@@H](O)[C@H]3OP(=O)(O)OC[C@H]3O[C@@H](n4cnc5c(N)ccnc54)[C@H](O)[C@@H]3O[P+](=O)O)c2[nH]1. The minimum absolute atomic E-state index is 0.0484. The summed E-state index contributed by atoms with van der Waals surface area (Å²) in [6.07, 6.45) is -7.78. The van der Waals surface area contributed by atoms with E-state index in [9.17, 15) is 34.2 Å². The maximum Gasteiger partial charge on any atom is 0.695 e. The van der Waals surface area contributed by atoms with Crippen LogP contribution < -0.4 is 11.5 Å². The molecular formula is C21H26N9O12P2S+. The van der Waals surface area contributed by atoms with Crippen LogP contribution in [0.4, 0.5) is 11.6 Å². The lowest BCUT2D eigenvalue weighted by Gasteiger charge is -2.25. The van der Waals surface area contributed by atoms with Crippen molar-refractivity contribution in [2.24, 2.45) is 0 Å². The number of hydrogen-bond donors (Lipinski definition) is 8. The van der Waals surface area contributed by atoms with Crippen molar-refractivity contribution in [1.29, 1.82) is 0 Å². The Balaban J connectivity index is 1.22. The first-order valence-corrected chi connectivity index (χ1v) is 16.0. The predicted octanol–water partition coefficient (Wildman–Crippen LogP) is -0.856. The first kappa shape index (κ1) is 31.9. The minimum Gasteiger partial charge on any atom is -0.397 e. The van der Waals surface area contributed by atoms with Crippen LogP contribution in [-0.4, -0.2) is 109 Å². The monoisotopic (exact) mass is 690 g/mol. The number of ether oxygens (including phenoxy) is 2. The topological polar surface area (TPSA) is 311 Å². The third-order valence-electron chi connectivity index (χ3n) is 7.18. The van der Waals surface area contributed by atoms with E-state index in [1.165, 1.54) is 34.1 Å². The van der Waals surface area contributed by atoms with E-state index in [-0.39, 0.29) is 27.4 Å². The number of phosphoric ester groups is 1. The molecule has 2 unspecified atom stereocenters. The summed E-state index contributed by atoms with van der Waals surface area (Å²) >= 11 is 5.17. The van der Waals surface area contributed by atoms with Crippen molar-refractivity contribution in [2.75, 3.05) is 24.7 Å². The van der Waals surface area contributed by atoms with Gasteiger partial charge in [-0.2, -0.15) is 0 Å². The van der Waals surface area contributed by atoms with Crippen molar-refractivity contribution < 1.29 is 57.3 Å². The van der Waals surface area contributed by atoms with E-state index >= 15 is 0 Å². The molecule has 2 saturated heterocycles. The Labute approximate surface area is 256 Å². The van der Waals surface area contributed by atoms with Gasteiger partial charge in [0.2, 0.25) is 0 Å². The molecule has 0 bridgehead atoms. The second kappa shape index (κ2) is 12.3. The van der Waals surface area contributed by atoms with E-state index in [4.69, 9.17) is 46.7 Å². The summed E-state index contributed by atoms with van der Waals surface area (Å²) in [6.45, 7) is -1.49. The molecule has 21 nitrogen and oxygen atoms in total. The van der Waals surface area contributed by atoms with Gasteiger partial charge in [0, 0.05) is 10.8 Å². The van der Waals surface area contributed by atoms with Gasteiger partial charge < -0.3 is 46.1 Å². The Morgan fingerprint density at radius 2 is 1.78 bits per heavy atom. The van der Waals surface area contributed by atoms with Crippen LogP contribution in [0.3, 0.4) is 0 Å². The summed E-state index contributed by atoms with van der Waals surface area (Å²) in [5.41, 5.74) is 12.9. The number of phosphoric acid groups is 1. The maximum atomic E-state index is 13.2. The molecule has 45 heavy (non-hydrogen) atoms. The van der Waals surface area contributed by atoms with E-state index in [1.807, 2.05) is 0 Å². The van der Waals surface area contributed by atoms with Crippen molar-refractivity contribution >= 4 is 62.3 Å². The number of anilines is 2. The fraction of sp³-hybridized carbons (Fsp3) is 0.476. The summed E-state index contributed by atoms with van der Waals surface area (Å²) in [5.74, 6) is -0.0680. The highest BCUT2D eigenvalue weighted by Gasteiger charge is 2.53. The number of fused-ring (bicyclic) bond motifs is 2. The van der Waals surface area contributed by atoms with Gasteiger partial charge in [-0.15, -0.1) is 9.42 Å². The van der Waals surface area contributed by atoms with Gasteiger partial charge in [0.15, 0.2) is 34.8 Å². The summed E-state index contributed by atoms with van der Waals surface area (Å²) in [4.78, 5) is 39.2. The quantitative estimate of drug-likeness (QED) is 0.0741. The fourth-order valence-corrected chi connectivity index (χ4v) is 6.81. The number of hydrogen-bond acceptors (Lipinski definition) is 17. The van der Waals surface area contributed by atoms with E-state index in [2.05, 4.69) is 24.9 Å². The molecule has 6 rings (SSSR count). The first-order valence-electron chi connectivity index (χ1n) is 12.9. The highest BCUT2D eigenvalue weighted by Crippen LogP contribution is 2.50. The lowest BCUT2D eigenvalue weighted by atomic mass is 10.1. The smallest absolute Gasteiger partial charge is 0.397 e. The second-order valence-corrected chi connectivity index (χ2v) is 12.4. The van der Waals surface area contributed by atoms with Crippen molar-refractivity contribution in [1.82, 2.24) is 34.1 Å². The number of pyridine rings is 1. The number of aromatic amines is 1. The van der Waals surface area contributed by atoms with Gasteiger partial charge in [-0.3, -0.25) is 18.2 Å². The summed E-state index contributed by atoms with van der Waals surface area (Å²) < 4.78 is 54.3. The molecule has 4 aromatic rings. The van der Waals surface area contributed by atoms with E-state index < -0.39 is 78.4 Å². The molecule has 0 aliphatic carbocycles. The number of nitrogens with one attached hydrogen (secondary N) is 1. The highest BCUT2D eigenvalue weighted by molar-refractivity contribution is 7.71. The number of nitrogens with two attached hydrogens (primary N) is 2. The molecular weight excluding hydrogens is 664 g/mol. The number of nitrogen functional groups attached to an aromatic ring is 2. The molecule has 10 N–H and O–H groups in total. The van der Waals surface area contributed by atoms with E-state index in [0.717, 1.165) is 0 Å². The first-order chi connectivity index (χ1) is 21.4. The zero-order chi connectivity index (χ0) is 32.2. The zero-order valence-electron chi connectivity index (χ0n) is 22.6. The van der Waals surface area contributed by atoms with Crippen LogP contribution in [0.5, 0.6) is 0 Å². The summed E-state index contributed by atoms with van der Waals surface area (Å²) in [6, 6.07) is 1.51. The van der Waals surface area contributed by atoms with Crippen molar-refractivity contribution in [2.45, 2.75) is 49.1 Å². The van der Waals surface area contributed by atoms with E-state index in [0.29, 0.717) is 11.2 Å². The molecule has 0 amide bonds. The normalized spacial score (nSPS) is 30.3. The van der Waals surface area contributed by atoms with Crippen LogP contribution in [0.1, 0.15) is 12.5 Å². The van der Waals surface area contributed by atoms with E-state index in [1.54, 1.807) is 0 Å². The molecule has 2 aliphatic rings. The zero-order valence-corrected chi connectivity index (χ0v) is 25.2. The molecule has 242 valence electrons. The van der Waals surface area contributed by atoms with Gasteiger partial charge in [-0.25, -0.2) is 24.5 Å². The van der Waals surface area contributed by atoms with Gasteiger partial charge in [0.25, 0.3) is 0 Å². The number of H-pyrrole nitrogens is 1. The molecule has 24 heteroatoms. The molecule has 2 aliphatic heterocycles. The highest BCUT2D eigenvalue weighted by atomic mass is 32.1. The number of nitrogens with zero attached hydrogens (tertiary/aromatic N) is 6. The van der Waals surface area contributed by atoms with Crippen LogP contribution in [0, 0.1) is 4.64 Å². The van der Waals surface area contributed by atoms with Gasteiger partial charge in [-0.05, 0) is 6.07 Å². The van der Waals surface area contributed by atoms with Crippen LogP contribution in [0.2, 0.25) is 0 Å². The largest absolute Gasteiger partial charge is 0.695 e. The van der Waals surface area contributed by atoms with Crippen LogP contribution >= 0.6 is 28.3 Å². The molecule has 0 aromatic carbocycles. The number of rotatable bonds is 10. The predicted molar refractivity (Wildman–Crippen MR) is 151 cm³/mol. The molecule has 6 heterocycles. The average Bonchev–Trinajstić information content (AvgIpc) is 3.73. The van der Waals surface area contributed by atoms with Gasteiger partial charge in [-0.1, -0.05) is 12.2 Å². The third kappa shape index (κ3) is 5.97. The standard InChI is InChI=1S/C21H25N9O12P2S/c22-7-1-2-24-16-10(7)25-5-29(16)19-13(33)14(41-43(34)35)9(40-19)4-38-44(36,37)42-15-12(32)8(3-31)39-20(15)30-6-26-11-17(30)27-21(23)28-18(11)45/h1-2,5-6,8-9,12-15,19-20,31-33H,3-4H2,(H6-,22,23,24,27,28,34,35,36,37,45)/p+1/t8-,9-,12-,13-,14-,15-,19-,20-/m1/s1. The molecule has 0 radical (unpaired) electrons. The summed E-state index contributed by atoms with van der Waals surface area (Å²) in [5, 5.41) is 31.5. The molecule has 0 saturated carbocycles. The van der Waals surface area contributed by atoms with Crippen molar-refractivity contribution in [3.8, 4) is 0 Å². The Morgan fingerprint density at radius 3 is 2.51 bits per heavy atom. The Hall–Kier alpha value is -3.08. The number of aliphatic hydroxyl groups is 3. The van der Waals surface area contributed by atoms with Crippen LogP contribution in [-0.2, 0) is 32.2 Å². The number of aliphatic hydroxyl groups excluding tert-OH is 3. The summed E-state index contributed by atoms with van der Waals surface area (Å²) in [7, 11) is -8.38. The van der Waals surface area contributed by atoms with Gasteiger partial charge >= 0.3 is 16.1 Å².